The first-order valence-electron chi connectivity index (χ1n) is 8.68. The third-order valence-electron chi connectivity index (χ3n) is 4.89. The van der Waals surface area contributed by atoms with Crippen molar-refractivity contribution in [1.82, 2.24) is 15.1 Å². The molecule has 1 saturated heterocycles. The van der Waals surface area contributed by atoms with Crippen LogP contribution in [0.25, 0.3) is 0 Å². The van der Waals surface area contributed by atoms with Crippen LogP contribution >= 0.6 is 11.6 Å². The Morgan fingerprint density at radius 3 is 2.55 bits per heavy atom. The number of amides is 1. The van der Waals surface area contributed by atoms with Gasteiger partial charge < -0.3 is 10.2 Å². The maximum Gasteiger partial charge on any atom is 0.471 e. The molecule has 1 aliphatic heterocycles. The lowest BCUT2D eigenvalue weighted by Crippen LogP contribution is -2.54. The Balaban J connectivity index is 1.91. The van der Waals surface area contributed by atoms with Crippen molar-refractivity contribution in [3.63, 3.8) is 0 Å². The zero-order valence-corrected chi connectivity index (χ0v) is 16.0. The van der Waals surface area contributed by atoms with Gasteiger partial charge in [-0.05, 0) is 24.1 Å². The van der Waals surface area contributed by atoms with Gasteiger partial charge in [0.1, 0.15) is 10.8 Å². The Labute approximate surface area is 168 Å². The fourth-order valence-electron chi connectivity index (χ4n) is 3.40. The Bertz CT molecular complexity index is 962. The number of anilines is 1. The zero-order chi connectivity index (χ0) is 21.3. The summed E-state index contributed by atoms with van der Waals surface area (Å²) in [5, 5.41) is 5.81. The van der Waals surface area contributed by atoms with Crippen LogP contribution in [0.4, 0.5) is 23.2 Å². The van der Waals surface area contributed by atoms with Crippen molar-refractivity contribution < 1.29 is 22.4 Å². The van der Waals surface area contributed by atoms with E-state index in [-0.39, 0.29) is 17.3 Å². The Morgan fingerprint density at radius 2 is 1.93 bits per heavy atom. The summed E-state index contributed by atoms with van der Waals surface area (Å²) in [5.74, 6) is -3.01. The van der Waals surface area contributed by atoms with E-state index in [1.807, 2.05) is 5.32 Å². The molecule has 29 heavy (non-hydrogen) atoms. The minimum atomic E-state index is -5.04. The molecule has 156 valence electrons. The number of hydrogen-bond acceptors (Lipinski definition) is 4. The Morgan fingerprint density at radius 1 is 1.28 bits per heavy atom. The largest absolute Gasteiger partial charge is 0.471 e. The minimum absolute atomic E-state index is 0.0293. The molecule has 2 heterocycles. The molecular weight excluding hydrogens is 416 g/mol. The second-order valence-electron chi connectivity index (χ2n) is 6.74. The molecule has 2 atom stereocenters. The summed E-state index contributed by atoms with van der Waals surface area (Å²) in [7, 11) is 1.42. The average Bonchev–Trinajstić information content (AvgIpc) is 2.66. The second-order valence-corrected chi connectivity index (χ2v) is 7.12. The second kappa shape index (κ2) is 8.02. The van der Waals surface area contributed by atoms with Gasteiger partial charge in [-0.25, -0.2) is 9.07 Å². The van der Waals surface area contributed by atoms with Crippen LogP contribution in [0.15, 0.2) is 35.3 Å². The normalized spacial score (nSPS) is 19.9. The molecule has 1 fully saturated rings. The maximum absolute atomic E-state index is 13.2. The minimum Gasteiger partial charge on any atom is -0.367 e. The molecule has 0 saturated carbocycles. The van der Waals surface area contributed by atoms with Gasteiger partial charge in [0.2, 0.25) is 0 Å². The number of nitrogens with one attached hydrogen (secondary N) is 1. The van der Waals surface area contributed by atoms with Gasteiger partial charge in [0.05, 0.1) is 17.9 Å². The highest BCUT2D eigenvalue weighted by atomic mass is 35.5. The smallest absolute Gasteiger partial charge is 0.367 e. The topological polar surface area (TPSA) is 67.2 Å². The number of piperidine rings is 1. The molecule has 1 aliphatic rings. The molecule has 1 aromatic heterocycles. The van der Waals surface area contributed by atoms with E-state index in [2.05, 4.69) is 5.10 Å². The van der Waals surface area contributed by atoms with Gasteiger partial charge in [-0.1, -0.05) is 23.7 Å². The number of carbonyl (C=O) groups excluding carboxylic acids is 1. The number of rotatable bonds is 3. The van der Waals surface area contributed by atoms with Crippen molar-refractivity contribution in [1.29, 1.82) is 0 Å². The summed E-state index contributed by atoms with van der Waals surface area (Å²) in [6, 6.07) is 4.45. The molecule has 0 spiro atoms. The average molecular weight is 433 g/mol. The van der Waals surface area contributed by atoms with E-state index in [1.165, 1.54) is 37.5 Å². The highest BCUT2D eigenvalue weighted by Crippen LogP contribution is 2.33. The van der Waals surface area contributed by atoms with Gasteiger partial charge in [0.25, 0.3) is 5.56 Å². The predicted molar refractivity (Wildman–Crippen MR) is 98.4 cm³/mol. The van der Waals surface area contributed by atoms with Crippen LogP contribution in [0.5, 0.6) is 0 Å². The lowest BCUT2D eigenvalue weighted by Gasteiger charge is -2.40. The molecule has 1 amide bonds. The van der Waals surface area contributed by atoms with Crippen molar-refractivity contribution in [3.8, 4) is 0 Å². The predicted octanol–water partition coefficient (Wildman–Crippen LogP) is 2.61. The lowest BCUT2D eigenvalue weighted by atomic mass is 9.85. The van der Waals surface area contributed by atoms with E-state index in [9.17, 15) is 27.2 Å². The van der Waals surface area contributed by atoms with Crippen LogP contribution in [0, 0.1) is 5.82 Å². The van der Waals surface area contributed by atoms with Gasteiger partial charge in [0.15, 0.2) is 0 Å². The quantitative estimate of drug-likeness (QED) is 0.757. The molecule has 6 nitrogen and oxygen atoms in total. The van der Waals surface area contributed by atoms with Crippen LogP contribution in [0.3, 0.4) is 0 Å². The monoisotopic (exact) mass is 432 g/mol. The maximum atomic E-state index is 13.2. The van der Waals surface area contributed by atoms with Gasteiger partial charge in [-0.2, -0.15) is 18.3 Å². The molecule has 0 aliphatic carbocycles. The van der Waals surface area contributed by atoms with E-state index < -0.39 is 35.4 Å². The zero-order valence-electron chi connectivity index (χ0n) is 15.2. The first-order chi connectivity index (χ1) is 13.6. The van der Waals surface area contributed by atoms with Gasteiger partial charge >= 0.3 is 12.1 Å². The SMILES string of the molecule is Cn1ncc(N2CCC(c3ccc(F)cc3)C(NC(=O)C(F)(F)F)C2)c(Cl)c1=O. The van der Waals surface area contributed by atoms with Crippen molar-refractivity contribution in [2.45, 2.75) is 24.6 Å². The highest BCUT2D eigenvalue weighted by molar-refractivity contribution is 6.33. The first-order valence-corrected chi connectivity index (χ1v) is 9.05. The summed E-state index contributed by atoms with van der Waals surface area (Å²) < 4.78 is 52.7. The van der Waals surface area contributed by atoms with E-state index in [0.29, 0.717) is 18.5 Å². The fraction of sp³-hybridized carbons (Fsp3) is 0.389. The van der Waals surface area contributed by atoms with Crippen molar-refractivity contribution in [3.05, 3.63) is 57.2 Å². The van der Waals surface area contributed by atoms with Gasteiger partial charge in [-0.3, -0.25) is 9.59 Å². The summed E-state index contributed by atoms with van der Waals surface area (Å²) in [4.78, 5) is 25.2. The van der Waals surface area contributed by atoms with E-state index in [1.54, 1.807) is 4.90 Å². The number of benzene rings is 1. The van der Waals surface area contributed by atoms with Crippen LogP contribution in [0.1, 0.15) is 17.9 Å². The number of nitrogens with zero attached hydrogens (tertiary/aromatic N) is 3. The molecule has 1 aromatic carbocycles. The summed E-state index contributed by atoms with van der Waals surface area (Å²) in [6.45, 7) is 0.327. The van der Waals surface area contributed by atoms with E-state index in [0.717, 1.165) is 4.68 Å². The number of alkyl halides is 3. The number of aromatic nitrogens is 2. The molecule has 3 rings (SSSR count). The molecular formula is C18H17ClF4N4O2. The molecule has 2 unspecified atom stereocenters. The van der Waals surface area contributed by atoms with Crippen molar-refractivity contribution in [2.24, 2.45) is 7.05 Å². The summed E-state index contributed by atoms with van der Waals surface area (Å²) in [5.41, 5.74) is 0.339. The fourth-order valence-corrected chi connectivity index (χ4v) is 3.69. The van der Waals surface area contributed by atoms with Crippen LogP contribution in [-0.2, 0) is 11.8 Å². The summed E-state index contributed by atoms with van der Waals surface area (Å²) >= 11 is 6.10. The Kier molecular flexibility index (Phi) is 5.83. The molecule has 0 bridgehead atoms. The number of halogens is 5. The summed E-state index contributed by atoms with van der Waals surface area (Å²) in [6.07, 6.45) is -3.35. The molecule has 11 heteroatoms. The first kappa shape index (κ1) is 21.1. The van der Waals surface area contributed by atoms with Gasteiger partial charge in [0, 0.05) is 26.1 Å². The van der Waals surface area contributed by atoms with E-state index in [4.69, 9.17) is 11.6 Å². The van der Waals surface area contributed by atoms with Crippen LogP contribution < -0.4 is 15.8 Å². The molecule has 1 N–H and O–H groups in total. The lowest BCUT2D eigenvalue weighted by molar-refractivity contribution is -0.174. The molecule has 2 aromatic rings. The number of hydrogen-bond donors (Lipinski definition) is 1. The van der Waals surface area contributed by atoms with Crippen molar-refractivity contribution in [2.75, 3.05) is 18.0 Å². The van der Waals surface area contributed by atoms with Crippen molar-refractivity contribution >= 4 is 23.2 Å². The number of aryl methyl sites for hydroxylation is 1. The van der Waals surface area contributed by atoms with Crippen LogP contribution in [-0.4, -0.2) is 41.0 Å². The van der Waals surface area contributed by atoms with Crippen LogP contribution in [0.2, 0.25) is 5.02 Å². The molecule has 0 radical (unpaired) electrons. The Hall–Kier alpha value is -2.62. The highest BCUT2D eigenvalue weighted by Gasteiger charge is 2.42. The third-order valence-corrected chi connectivity index (χ3v) is 5.24. The van der Waals surface area contributed by atoms with E-state index >= 15 is 0 Å². The standard InChI is InChI=1S/C18H17ClF4N4O2/c1-26-16(28)15(19)14(8-24-26)27-7-6-12(10-2-4-11(20)5-3-10)13(9-27)25-17(29)18(21,22)23/h2-5,8,12-13H,6-7,9H2,1H3,(H,25,29). The van der Waals surface area contributed by atoms with Gasteiger partial charge in [-0.15, -0.1) is 0 Å². The third kappa shape index (κ3) is 4.52. The number of carbonyl (C=O) groups is 1.